The Bertz CT molecular complexity index is 418. The van der Waals surface area contributed by atoms with Crippen LogP contribution in [0.5, 0.6) is 0 Å². The van der Waals surface area contributed by atoms with Crippen LogP contribution in [-0.4, -0.2) is 35.4 Å². The van der Waals surface area contributed by atoms with Crippen molar-refractivity contribution in [2.24, 2.45) is 0 Å². The van der Waals surface area contributed by atoms with Gasteiger partial charge >= 0.3 is 0 Å². The molecule has 1 aromatic carbocycles. The van der Waals surface area contributed by atoms with Gasteiger partial charge in [-0.2, -0.15) is 11.8 Å². The lowest BCUT2D eigenvalue weighted by Gasteiger charge is -2.24. The minimum absolute atomic E-state index is 0.0280. The van der Waals surface area contributed by atoms with Gasteiger partial charge in [-0.05, 0) is 25.7 Å². The normalized spacial score (nSPS) is 23.7. The van der Waals surface area contributed by atoms with Gasteiger partial charge in [0.2, 0.25) is 5.91 Å². The van der Waals surface area contributed by atoms with Crippen LogP contribution in [0.2, 0.25) is 0 Å². The van der Waals surface area contributed by atoms with Crippen LogP contribution in [0, 0.1) is 6.92 Å². The summed E-state index contributed by atoms with van der Waals surface area (Å²) in [5.41, 5.74) is 2.41. The number of carbonyl (C=O) groups excluding carboxylic acids is 1. The van der Waals surface area contributed by atoms with Gasteiger partial charge in [0.05, 0.1) is 6.04 Å². The second kappa shape index (κ2) is 5.76. The predicted molar refractivity (Wildman–Crippen MR) is 76.6 cm³/mol. The molecule has 4 heteroatoms. The topological polar surface area (TPSA) is 32.3 Å². The molecule has 2 unspecified atom stereocenters. The first-order valence-corrected chi connectivity index (χ1v) is 7.65. The number of hydrogen-bond acceptors (Lipinski definition) is 3. The van der Waals surface area contributed by atoms with Crippen LogP contribution in [0.25, 0.3) is 0 Å². The summed E-state index contributed by atoms with van der Waals surface area (Å²) in [5, 5.41) is 3.37. The minimum atomic E-state index is -0.0850. The van der Waals surface area contributed by atoms with Crippen molar-refractivity contribution >= 4 is 17.7 Å². The number of thioether (sulfide) groups is 1. The summed E-state index contributed by atoms with van der Waals surface area (Å²) in [7, 11) is 0. The third-order valence-electron chi connectivity index (χ3n) is 3.30. The van der Waals surface area contributed by atoms with Gasteiger partial charge in [0.1, 0.15) is 6.17 Å². The van der Waals surface area contributed by atoms with Crippen molar-refractivity contribution in [1.29, 1.82) is 0 Å². The zero-order chi connectivity index (χ0) is 13.1. The highest BCUT2D eigenvalue weighted by atomic mass is 32.2. The Morgan fingerprint density at radius 1 is 1.33 bits per heavy atom. The summed E-state index contributed by atoms with van der Waals surface area (Å²) in [4.78, 5) is 14.1. The van der Waals surface area contributed by atoms with E-state index in [1.165, 1.54) is 11.1 Å². The summed E-state index contributed by atoms with van der Waals surface area (Å²) in [6, 6.07) is 8.31. The maximum absolute atomic E-state index is 12.1. The Balaban J connectivity index is 2.19. The van der Waals surface area contributed by atoms with Gasteiger partial charge in [0.25, 0.3) is 0 Å². The van der Waals surface area contributed by atoms with Crippen molar-refractivity contribution in [3.63, 3.8) is 0 Å². The van der Waals surface area contributed by atoms with Gasteiger partial charge in [-0.15, -0.1) is 0 Å². The van der Waals surface area contributed by atoms with Crippen LogP contribution in [0.3, 0.4) is 0 Å². The lowest BCUT2D eigenvalue weighted by molar-refractivity contribution is -0.129. The lowest BCUT2D eigenvalue weighted by Crippen LogP contribution is -2.32. The third-order valence-corrected chi connectivity index (χ3v) is 3.89. The summed E-state index contributed by atoms with van der Waals surface area (Å²) < 4.78 is 0. The van der Waals surface area contributed by atoms with Crippen molar-refractivity contribution in [1.82, 2.24) is 10.2 Å². The van der Waals surface area contributed by atoms with E-state index in [-0.39, 0.29) is 18.1 Å². The van der Waals surface area contributed by atoms with Gasteiger partial charge in [-0.25, -0.2) is 0 Å². The van der Waals surface area contributed by atoms with E-state index in [9.17, 15) is 4.79 Å². The number of nitrogens with zero attached hydrogens (tertiary/aromatic N) is 1. The standard InChI is InChI=1S/C14H20N2OS/c1-10-4-6-12(7-5-10)13-15-11(2)14(17)16(13)8-9-18-3/h4-7,11,13,15H,8-9H2,1-3H3. The zero-order valence-electron chi connectivity index (χ0n) is 11.1. The molecule has 1 N–H and O–H groups in total. The Labute approximate surface area is 113 Å². The van der Waals surface area contributed by atoms with E-state index < -0.39 is 0 Å². The molecule has 1 amide bonds. The van der Waals surface area contributed by atoms with Crippen molar-refractivity contribution in [2.75, 3.05) is 18.6 Å². The quantitative estimate of drug-likeness (QED) is 0.904. The number of benzene rings is 1. The number of aryl methyl sites for hydroxylation is 1. The van der Waals surface area contributed by atoms with Crippen molar-refractivity contribution < 1.29 is 4.79 Å². The highest BCUT2D eigenvalue weighted by Gasteiger charge is 2.36. The molecular formula is C14H20N2OS. The maximum atomic E-state index is 12.1. The van der Waals surface area contributed by atoms with Crippen LogP contribution in [-0.2, 0) is 4.79 Å². The summed E-state index contributed by atoms with van der Waals surface area (Å²) in [5.74, 6) is 1.18. The van der Waals surface area contributed by atoms with E-state index in [4.69, 9.17) is 0 Å². The first-order valence-electron chi connectivity index (χ1n) is 6.25. The molecule has 1 fully saturated rings. The number of hydrogen-bond donors (Lipinski definition) is 1. The lowest BCUT2D eigenvalue weighted by atomic mass is 10.1. The van der Waals surface area contributed by atoms with Gasteiger partial charge in [0.15, 0.2) is 0 Å². The zero-order valence-corrected chi connectivity index (χ0v) is 12.0. The molecule has 1 aliphatic rings. The first kappa shape index (κ1) is 13.4. The van der Waals surface area contributed by atoms with E-state index in [0.29, 0.717) is 0 Å². The van der Waals surface area contributed by atoms with E-state index in [0.717, 1.165) is 12.3 Å². The van der Waals surface area contributed by atoms with E-state index in [2.05, 4.69) is 42.8 Å². The molecule has 0 spiro atoms. The second-order valence-electron chi connectivity index (χ2n) is 4.73. The van der Waals surface area contributed by atoms with Crippen molar-refractivity contribution in [3.05, 3.63) is 35.4 Å². The maximum Gasteiger partial charge on any atom is 0.241 e. The molecule has 0 bridgehead atoms. The number of rotatable bonds is 4. The molecule has 0 aliphatic carbocycles. The van der Waals surface area contributed by atoms with E-state index in [1.54, 1.807) is 11.8 Å². The fourth-order valence-electron chi connectivity index (χ4n) is 2.23. The SMILES string of the molecule is CSCCN1C(=O)C(C)NC1c1ccc(C)cc1. The molecule has 1 aromatic rings. The van der Waals surface area contributed by atoms with Gasteiger partial charge in [0, 0.05) is 12.3 Å². The van der Waals surface area contributed by atoms with Gasteiger partial charge in [-0.3, -0.25) is 10.1 Å². The summed E-state index contributed by atoms with van der Waals surface area (Å²) >= 11 is 1.77. The number of nitrogens with one attached hydrogen (secondary N) is 1. The molecule has 18 heavy (non-hydrogen) atoms. The first-order chi connectivity index (χ1) is 8.63. The van der Waals surface area contributed by atoms with E-state index in [1.807, 2.05) is 11.8 Å². The molecule has 1 saturated heterocycles. The average molecular weight is 264 g/mol. The highest BCUT2D eigenvalue weighted by molar-refractivity contribution is 7.98. The molecule has 98 valence electrons. The molecule has 0 aromatic heterocycles. The summed E-state index contributed by atoms with van der Waals surface area (Å²) in [6.07, 6.45) is 2.10. The second-order valence-corrected chi connectivity index (χ2v) is 5.71. The minimum Gasteiger partial charge on any atom is -0.321 e. The van der Waals surface area contributed by atoms with Crippen LogP contribution in [0.15, 0.2) is 24.3 Å². The Kier molecular flexibility index (Phi) is 4.30. The summed E-state index contributed by atoms with van der Waals surface area (Å²) in [6.45, 7) is 4.81. The number of amides is 1. The molecule has 0 radical (unpaired) electrons. The fourth-order valence-corrected chi connectivity index (χ4v) is 2.61. The molecule has 3 nitrogen and oxygen atoms in total. The highest BCUT2D eigenvalue weighted by Crippen LogP contribution is 2.25. The monoisotopic (exact) mass is 264 g/mol. The molecular weight excluding hydrogens is 244 g/mol. The number of carbonyl (C=O) groups is 1. The Hall–Kier alpha value is -1.00. The average Bonchev–Trinajstić information content (AvgIpc) is 2.64. The molecule has 2 rings (SSSR count). The van der Waals surface area contributed by atoms with Gasteiger partial charge < -0.3 is 4.90 Å². The van der Waals surface area contributed by atoms with Crippen LogP contribution < -0.4 is 5.32 Å². The molecule has 2 atom stereocenters. The molecule has 0 saturated carbocycles. The van der Waals surface area contributed by atoms with Crippen molar-refractivity contribution in [2.45, 2.75) is 26.1 Å². The van der Waals surface area contributed by atoms with Crippen molar-refractivity contribution in [3.8, 4) is 0 Å². The molecule has 1 heterocycles. The largest absolute Gasteiger partial charge is 0.321 e. The Morgan fingerprint density at radius 3 is 2.61 bits per heavy atom. The fraction of sp³-hybridized carbons (Fsp3) is 0.500. The van der Waals surface area contributed by atoms with Crippen LogP contribution in [0.1, 0.15) is 24.2 Å². The van der Waals surface area contributed by atoms with Crippen LogP contribution in [0.4, 0.5) is 0 Å². The Morgan fingerprint density at radius 2 is 2.00 bits per heavy atom. The predicted octanol–water partition coefficient (Wildman–Crippen LogP) is 2.18. The van der Waals surface area contributed by atoms with Crippen LogP contribution >= 0.6 is 11.8 Å². The smallest absolute Gasteiger partial charge is 0.241 e. The van der Waals surface area contributed by atoms with E-state index >= 15 is 0 Å². The van der Waals surface area contributed by atoms with Gasteiger partial charge in [-0.1, -0.05) is 29.8 Å². The third kappa shape index (κ3) is 2.70. The molecule has 1 aliphatic heterocycles.